The second-order valence-electron chi connectivity index (χ2n) is 4.94. The molecular formula is C14H23ClFN3O. The Hall–Kier alpha value is -1.17. The maximum absolute atomic E-state index is 13.6. The number of benzene rings is 1. The van der Waals surface area contributed by atoms with Gasteiger partial charge in [0.15, 0.2) is 0 Å². The van der Waals surface area contributed by atoms with E-state index in [-0.39, 0.29) is 30.7 Å². The highest BCUT2D eigenvalue weighted by Gasteiger charge is 2.18. The van der Waals surface area contributed by atoms with E-state index in [0.717, 1.165) is 0 Å². The molecule has 0 saturated heterocycles. The number of carbonyl (C=O) groups is 1. The van der Waals surface area contributed by atoms with Crippen LogP contribution in [0.15, 0.2) is 24.3 Å². The first-order valence-corrected chi connectivity index (χ1v) is 6.34. The van der Waals surface area contributed by atoms with Gasteiger partial charge in [-0.05, 0) is 27.1 Å². The molecule has 0 aliphatic rings. The summed E-state index contributed by atoms with van der Waals surface area (Å²) in [4.78, 5) is 15.6. The number of carbonyl (C=O) groups excluding carboxylic acids is 1. The van der Waals surface area contributed by atoms with Crippen molar-refractivity contribution in [2.75, 3.05) is 27.2 Å². The second-order valence-corrected chi connectivity index (χ2v) is 4.94. The van der Waals surface area contributed by atoms with E-state index in [0.29, 0.717) is 18.7 Å². The molecule has 0 bridgehead atoms. The summed E-state index contributed by atoms with van der Waals surface area (Å²) in [5.74, 6) is -0.458. The molecule has 0 aliphatic carbocycles. The Kier molecular flexibility index (Phi) is 8.37. The Bertz CT molecular complexity index is 427. The third-order valence-corrected chi connectivity index (χ3v) is 2.84. The van der Waals surface area contributed by atoms with Crippen LogP contribution in [-0.2, 0) is 11.3 Å². The Morgan fingerprint density at radius 2 is 1.90 bits per heavy atom. The third-order valence-electron chi connectivity index (χ3n) is 2.84. The van der Waals surface area contributed by atoms with Gasteiger partial charge in [-0.15, -0.1) is 12.4 Å². The minimum atomic E-state index is -0.575. The average molecular weight is 304 g/mol. The molecule has 0 fully saturated rings. The van der Waals surface area contributed by atoms with E-state index in [1.54, 1.807) is 30.0 Å². The Morgan fingerprint density at radius 3 is 2.40 bits per heavy atom. The summed E-state index contributed by atoms with van der Waals surface area (Å²) in [5.41, 5.74) is 6.15. The maximum atomic E-state index is 13.6. The lowest BCUT2D eigenvalue weighted by atomic mass is 10.2. The molecule has 1 atom stereocenters. The van der Waals surface area contributed by atoms with Crippen molar-refractivity contribution in [1.29, 1.82) is 0 Å². The average Bonchev–Trinajstić information content (AvgIpc) is 2.35. The number of likely N-dealkylation sites (N-methyl/N-ethyl adjacent to an activating group) is 1. The molecule has 0 aliphatic heterocycles. The van der Waals surface area contributed by atoms with E-state index in [1.165, 1.54) is 6.07 Å². The van der Waals surface area contributed by atoms with Gasteiger partial charge < -0.3 is 15.5 Å². The van der Waals surface area contributed by atoms with Crippen LogP contribution in [0.5, 0.6) is 0 Å². The molecule has 1 aromatic carbocycles. The Morgan fingerprint density at radius 1 is 1.30 bits per heavy atom. The van der Waals surface area contributed by atoms with Gasteiger partial charge in [-0.25, -0.2) is 4.39 Å². The molecular weight excluding hydrogens is 281 g/mol. The third kappa shape index (κ3) is 5.86. The first kappa shape index (κ1) is 18.8. The van der Waals surface area contributed by atoms with Crippen molar-refractivity contribution in [3.63, 3.8) is 0 Å². The molecule has 1 aromatic rings. The highest BCUT2D eigenvalue weighted by molar-refractivity contribution is 5.85. The van der Waals surface area contributed by atoms with Gasteiger partial charge in [-0.2, -0.15) is 0 Å². The van der Waals surface area contributed by atoms with Crippen molar-refractivity contribution < 1.29 is 9.18 Å². The maximum Gasteiger partial charge on any atom is 0.239 e. The summed E-state index contributed by atoms with van der Waals surface area (Å²) in [6.45, 7) is 3.14. The molecule has 0 aromatic heterocycles. The Balaban J connectivity index is 0.00000361. The molecule has 4 nitrogen and oxygen atoms in total. The summed E-state index contributed by atoms with van der Waals surface area (Å²) in [7, 11) is 3.86. The SMILES string of the molecule is CC(N)C(=O)N(CCN(C)C)Cc1ccccc1F.Cl. The molecule has 6 heteroatoms. The van der Waals surface area contributed by atoms with Crippen LogP contribution in [0.2, 0.25) is 0 Å². The van der Waals surface area contributed by atoms with Gasteiger partial charge >= 0.3 is 0 Å². The summed E-state index contributed by atoms with van der Waals surface area (Å²) in [6.07, 6.45) is 0. The predicted octanol–water partition coefficient (Wildman–Crippen LogP) is 1.48. The molecule has 0 heterocycles. The molecule has 20 heavy (non-hydrogen) atoms. The van der Waals surface area contributed by atoms with Crippen LogP contribution < -0.4 is 5.73 Å². The number of rotatable bonds is 6. The fourth-order valence-electron chi connectivity index (χ4n) is 1.71. The first-order chi connectivity index (χ1) is 8.91. The lowest BCUT2D eigenvalue weighted by Crippen LogP contribution is -2.44. The topological polar surface area (TPSA) is 49.6 Å². The highest BCUT2D eigenvalue weighted by Crippen LogP contribution is 2.10. The number of nitrogens with zero attached hydrogens (tertiary/aromatic N) is 2. The van der Waals surface area contributed by atoms with Crippen LogP contribution in [0.25, 0.3) is 0 Å². The quantitative estimate of drug-likeness (QED) is 0.866. The predicted molar refractivity (Wildman–Crippen MR) is 81.3 cm³/mol. The lowest BCUT2D eigenvalue weighted by Gasteiger charge is -2.26. The molecule has 0 spiro atoms. The molecule has 0 saturated carbocycles. The van der Waals surface area contributed by atoms with Crippen LogP contribution in [0.4, 0.5) is 4.39 Å². The number of hydrogen-bond donors (Lipinski definition) is 1. The smallest absolute Gasteiger partial charge is 0.239 e. The zero-order valence-electron chi connectivity index (χ0n) is 12.2. The summed E-state index contributed by atoms with van der Waals surface area (Å²) in [5, 5.41) is 0. The number of halogens is 2. The zero-order chi connectivity index (χ0) is 14.4. The van der Waals surface area contributed by atoms with Crippen LogP contribution >= 0.6 is 12.4 Å². The van der Waals surface area contributed by atoms with Crippen molar-refractivity contribution in [2.45, 2.75) is 19.5 Å². The molecule has 1 amide bonds. The van der Waals surface area contributed by atoms with Gasteiger partial charge in [0, 0.05) is 25.2 Å². The summed E-state index contributed by atoms with van der Waals surface area (Å²) < 4.78 is 13.6. The van der Waals surface area contributed by atoms with E-state index < -0.39 is 6.04 Å². The van der Waals surface area contributed by atoms with Gasteiger partial charge in [-0.3, -0.25) is 4.79 Å². The van der Waals surface area contributed by atoms with E-state index in [1.807, 2.05) is 19.0 Å². The minimum Gasteiger partial charge on any atom is -0.336 e. The number of hydrogen-bond acceptors (Lipinski definition) is 3. The fourth-order valence-corrected chi connectivity index (χ4v) is 1.71. The fraction of sp³-hybridized carbons (Fsp3) is 0.500. The van der Waals surface area contributed by atoms with Crippen LogP contribution in [0, 0.1) is 5.82 Å². The van der Waals surface area contributed by atoms with Crippen molar-refractivity contribution >= 4 is 18.3 Å². The van der Waals surface area contributed by atoms with Crippen molar-refractivity contribution in [1.82, 2.24) is 9.80 Å². The lowest BCUT2D eigenvalue weighted by molar-refractivity contribution is -0.133. The van der Waals surface area contributed by atoms with Gasteiger partial charge in [0.05, 0.1) is 6.04 Å². The van der Waals surface area contributed by atoms with E-state index in [2.05, 4.69) is 0 Å². The van der Waals surface area contributed by atoms with Gasteiger partial charge in [-0.1, -0.05) is 18.2 Å². The highest BCUT2D eigenvalue weighted by atomic mass is 35.5. The summed E-state index contributed by atoms with van der Waals surface area (Å²) >= 11 is 0. The first-order valence-electron chi connectivity index (χ1n) is 6.34. The number of amides is 1. The van der Waals surface area contributed by atoms with E-state index in [9.17, 15) is 9.18 Å². The van der Waals surface area contributed by atoms with Crippen molar-refractivity contribution in [2.24, 2.45) is 5.73 Å². The zero-order valence-corrected chi connectivity index (χ0v) is 13.0. The molecule has 1 rings (SSSR count). The normalized spacial score (nSPS) is 11.9. The Labute approximate surface area is 126 Å². The second kappa shape index (κ2) is 8.89. The number of nitrogens with two attached hydrogens (primary N) is 1. The van der Waals surface area contributed by atoms with E-state index >= 15 is 0 Å². The summed E-state index contributed by atoms with van der Waals surface area (Å²) in [6, 6.07) is 5.91. The largest absolute Gasteiger partial charge is 0.336 e. The molecule has 114 valence electrons. The van der Waals surface area contributed by atoms with Crippen LogP contribution in [-0.4, -0.2) is 48.9 Å². The van der Waals surface area contributed by atoms with E-state index in [4.69, 9.17) is 5.73 Å². The van der Waals surface area contributed by atoms with Gasteiger partial charge in [0.25, 0.3) is 0 Å². The molecule has 1 unspecified atom stereocenters. The van der Waals surface area contributed by atoms with Crippen LogP contribution in [0.1, 0.15) is 12.5 Å². The molecule has 2 N–H and O–H groups in total. The minimum absolute atomic E-state index is 0. The van der Waals surface area contributed by atoms with Crippen LogP contribution in [0.3, 0.4) is 0 Å². The van der Waals surface area contributed by atoms with Gasteiger partial charge in [0.2, 0.25) is 5.91 Å². The standard InChI is InChI=1S/C14H22FN3O.ClH/c1-11(16)14(19)18(9-8-17(2)3)10-12-6-4-5-7-13(12)15;/h4-7,11H,8-10,16H2,1-3H3;1H. The van der Waals surface area contributed by atoms with Crippen molar-refractivity contribution in [3.05, 3.63) is 35.6 Å². The monoisotopic (exact) mass is 303 g/mol. The van der Waals surface area contributed by atoms with Gasteiger partial charge in [0.1, 0.15) is 5.82 Å². The van der Waals surface area contributed by atoms with Crippen molar-refractivity contribution in [3.8, 4) is 0 Å². The molecule has 0 radical (unpaired) electrons.